The van der Waals surface area contributed by atoms with Crippen LogP contribution in [-0.2, 0) is 0 Å². The number of nitrogens with one attached hydrogen (secondary N) is 1. The average molecular weight is 226 g/mol. The van der Waals surface area contributed by atoms with Gasteiger partial charge in [0.2, 0.25) is 0 Å². The summed E-state index contributed by atoms with van der Waals surface area (Å²) in [4.78, 5) is 0. The normalized spacial score (nSPS) is 13.3. The van der Waals surface area contributed by atoms with Crippen molar-refractivity contribution in [2.45, 2.75) is 12.5 Å². The summed E-state index contributed by atoms with van der Waals surface area (Å²) in [6.45, 7) is 0.438. The van der Waals surface area contributed by atoms with E-state index in [1.807, 2.05) is 18.2 Å². The number of aromatic amines is 1. The number of H-pyrrole nitrogens is 1. The Kier molecular flexibility index (Phi) is 2.90. The van der Waals surface area contributed by atoms with Crippen molar-refractivity contribution in [1.82, 2.24) is 10.2 Å². The highest BCUT2D eigenvalue weighted by atomic mass is 35.5. The molecule has 1 aromatic heterocycles. The maximum Gasteiger partial charge on any atom is 0.132 e. The van der Waals surface area contributed by atoms with E-state index in [-0.39, 0.29) is 0 Å². The van der Waals surface area contributed by atoms with E-state index in [2.05, 4.69) is 10.2 Å². The molecule has 0 amide bonds. The van der Waals surface area contributed by atoms with E-state index in [4.69, 9.17) is 17.3 Å². The zero-order chi connectivity index (χ0) is 10.8. The highest BCUT2D eigenvalue weighted by Gasteiger charge is 2.14. The first-order valence-corrected chi connectivity index (χ1v) is 5.12. The first-order chi connectivity index (χ1) is 7.24. The second kappa shape index (κ2) is 4.18. The predicted octanol–water partition coefficient (Wildman–Crippen LogP) is 1.60. The number of hydrogen-bond acceptors (Lipinski definition) is 3. The standard InChI is InChI=1S/C10H12ClN3O/c11-10-9-6(8(15)4-5-12)2-1-3-7(9)13-14-10/h1-3,8,15H,4-5,12H2,(H,13,14). The zero-order valence-electron chi connectivity index (χ0n) is 8.07. The smallest absolute Gasteiger partial charge is 0.132 e. The summed E-state index contributed by atoms with van der Waals surface area (Å²) in [5.74, 6) is 0. The van der Waals surface area contributed by atoms with Crippen LogP contribution in [0.15, 0.2) is 18.2 Å². The van der Waals surface area contributed by atoms with Gasteiger partial charge in [0, 0.05) is 5.39 Å². The highest BCUT2D eigenvalue weighted by Crippen LogP contribution is 2.29. The number of nitrogens with two attached hydrogens (primary N) is 1. The Bertz CT molecular complexity index is 469. The fourth-order valence-corrected chi connectivity index (χ4v) is 1.89. The molecule has 5 heteroatoms. The molecule has 2 rings (SSSR count). The van der Waals surface area contributed by atoms with E-state index in [1.54, 1.807) is 0 Å². The van der Waals surface area contributed by atoms with Crippen molar-refractivity contribution in [3.05, 3.63) is 28.9 Å². The van der Waals surface area contributed by atoms with Gasteiger partial charge in [-0.3, -0.25) is 5.10 Å². The van der Waals surface area contributed by atoms with Gasteiger partial charge in [0.25, 0.3) is 0 Å². The van der Waals surface area contributed by atoms with Crippen molar-refractivity contribution in [3.8, 4) is 0 Å². The molecule has 1 aromatic carbocycles. The Morgan fingerprint density at radius 2 is 2.33 bits per heavy atom. The molecule has 1 heterocycles. The van der Waals surface area contributed by atoms with E-state index in [0.717, 1.165) is 16.5 Å². The minimum absolute atomic E-state index is 0.438. The van der Waals surface area contributed by atoms with E-state index in [1.165, 1.54) is 0 Å². The van der Waals surface area contributed by atoms with Crippen LogP contribution in [0.25, 0.3) is 10.9 Å². The van der Waals surface area contributed by atoms with Crippen molar-refractivity contribution >= 4 is 22.5 Å². The molecule has 0 saturated heterocycles. The van der Waals surface area contributed by atoms with Gasteiger partial charge in [-0.05, 0) is 24.6 Å². The predicted molar refractivity (Wildman–Crippen MR) is 59.7 cm³/mol. The number of aromatic nitrogens is 2. The number of benzene rings is 1. The van der Waals surface area contributed by atoms with Gasteiger partial charge in [0.15, 0.2) is 0 Å². The molecule has 0 spiro atoms. The van der Waals surface area contributed by atoms with Crippen molar-refractivity contribution in [1.29, 1.82) is 0 Å². The number of hydrogen-bond donors (Lipinski definition) is 3. The minimum Gasteiger partial charge on any atom is -0.388 e. The molecule has 15 heavy (non-hydrogen) atoms. The van der Waals surface area contributed by atoms with Crippen molar-refractivity contribution in [2.75, 3.05) is 6.54 Å². The molecule has 2 aromatic rings. The van der Waals surface area contributed by atoms with Gasteiger partial charge in [-0.25, -0.2) is 0 Å². The lowest BCUT2D eigenvalue weighted by Crippen LogP contribution is -2.06. The van der Waals surface area contributed by atoms with Crippen LogP contribution in [0.3, 0.4) is 0 Å². The van der Waals surface area contributed by atoms with Gasteiger partial charge in [-0.1, -0.05) is 23.7 Å². The summed E-state index contributed by atoms with van der Waals surface area (Å²) in [6.07, 6.45) is -0.0746. The summed E-state index contributed by atoms with van der Waals surface area (Å²) < 4.78 is 0. The number of halogens is 1. The topological polar surface area (TPSA) is 74.9 Å². The van der Waals surface area contributed by atoms with Crippen molar-refractivity contribution in [2.24, 2.45) is 5.73 Å². The second-order valence-corrected chi connectivity index (χ2v) is 3.75. The number of aliphatic hydroxyl groups is 1. The lowest BCUT2D eigenvalue weighted by molar-refractivity contribution is 0.172. The van der Waals surface area contributed by atoms with Crippen LogP contribution in [0.5, 0.6) is 0 Å². The van der Waals surface area contributed by atoms with Gasteiger partial charge in [-0.2, -0.15) is 5.10 Å². The molecule has 0 aliphatic heterocycles. The maximum atomic E-state index is 9.88. The molecule has 1 unspecified atom stereocenters. The first-order valence-electron chi connectivity index (χ1n) is 4.74. The van der Waals surface area contributed by atoms with Crippen LogP contribution in [-0.4, -0.2) is 21.8 Å². The molecule has 1 atom stereocenters. The van der Waals surface area contributed by atoms with E-state index in [0.29, 0.717) is 18.1 Å². The van der Waals surface area contributed by atoms with Crippen LogP contribution in [0.4, 0.5) is 0 Å². The summed E-state index contributed by atoms with van der Waals surface area (Å²) in [6, 6.07) is 5.52. The molecular weight excluding hydrogens is 214 g/mol. The average Bonchev–Trinajstić information content (AvgIpc) is 2.61. The molecule has 0 bridgehead atoms. The number of nitrogens with zero attached hydrogens (tertiary/aromatic N) is 1. The van der Waals surface area contributed by atoms with Crippen LogP contribution in [0, 0.1) is 0 Å². The fourth-order valence-electron chi connectivity index (χ4n) is 1.65. The largest absolute Gasteiger partial charge is 0.388 e. The molecular formula is C10H12ClN3O. The van der Waals surface area contributed by atoms with Crippen LogP contribution >= 0.6 is 11.6 Å². The SMILES string of the molecule is NCCC(O)c1cccc2n[nH]c(Cl)c12. The zero-order valence-corrected chi connectivity index (χ0v) is 8.83. The van der Waals surface area contributed by atoms with Gasteiger partial charge < -0.3 is 10.8 Å². The Hall–Kier alpha value is -1.10. The monoisotopic (exact) mass is 225 g/mol. The molecule has 0 saturated carbocycles. The molecule has 0 fully saturated rings. The summed E-state index contributed by atoms with van der Waals surface area (Å²) >= 11 is 5.96. The van der Waals surface area contributed by atoms with Crippen LogP contribution in [0.1, 0.15) is 18.1 Å². The Balaban J connectivity index is 2.54. The molecule has 0 radical (unpaired) electrons. The first kappa shape index (κ1) is 10.4. The van der Waals surface area contributed by atoms with Crippen LogP contribution in [0.2, 0.25) is 5.15 Å². The minimum atomic E-state index is -0.589. The summed E-state index contributed by atoms with van der Waals surface area (Å²) in [7, 11) is 0. The van der Waals surface area contributed by atoms with Gasteiger partial charge in [0.1, 0.15) is 5.15 Å². The Morgan fingerprint density at radius 3 is 3.07 bits per heavy atom. The number of aliphatic hydroxyl groups excluding tert-OH is 1. The molecule has 80 valence electrons. The van der Waals surface area contributed by atoms with Gasteiger partial charge >= 0.3 is 0 Å². The van der Waals surface area contributed by atoms with Gasteiger partial charge in [-0.15, -0.1) is 0 Å². The summed E-state index contributed by atoms with van der Waals surface area (Å²) in [5, 5.41) is 17.8. The third-order valence-corrected chi connectivity index (χ3v) is 2.64. The van der Waals surface area contributed by atoms with Crippen molar-refractivity contribution < 1.29 is 5.11 Å². The van der Waals surface area contributed by atoms with Crippen molar-refractivity contribution in [3.63, 3.8) is 0 Å². The Labute approximate surface area is 92.0 Å². The van der Waals surface area contributed by atoms with E-state index in [9.17, 15) is 5.11 Å². The molecule has 0 aliphatic rings. The lowest BCUT2D eigenvalue weighted by atomic mass is 10.0. The van der Waals surface area contributed by atoms with Crippen LogP contribution < -0.4 is 5.73 Å². The quantitative estimate of drug-likeness (QED) is 0.743. The molecule has 4 nitrogen and oxygen atoms in total. The number of fused-ring (bicyclic) bond motifs is 1. The highest BCUT2D eigenvalue weighted by molar-refractivity contribution is 6.34. The summed E-state index contributed by atoms with van der Waals surface area (Å²) in [5.41, 5.74) is 6.94. The molecule has 4 N–H and O–H groups in total. The maximum absolute atomic E-state index is 9.88. The van der Waals surface area contributed by atoms with E-state index >= 15 is 0 Å². The van der Waals surface area contributed by atoms with Gasteiger partial charge in [0.05, 0.1) is 11.6 Å². The number of rotatable bonds is 3. The Morgan fingerprint density at radius 1 is 1.53 bits per heavy atom. The van der Waals surface area contributed by atoms with E-state index < -0.39 is 6.10 Å². The third kappa shape index (κ3) is 1.84. The fraction of sp³-hybridized carbons (Fsp3) is 0.300. The lowest BCUT2D eigenvalue weighted by Gasteiger charge is -2.10. The third-order valence-electron chi connectivity index (χ3n) is 2.37. The second-order valence-electron chi connectivity index (χ2n) is 3.37. The molecule has 0 aliphatic carbocycles.